The minimum absolute atomic E-state index is 0.0207. The van der Waals surface area contributed by atoms with Crippen LogP contribution in [0, 0.1) is 6.92 Å². The second-order valence-corrected chi connectivity index (χ2v) is 6.98. The van der Waals surface area contributed by atoms with Gasteiger partial charge in [-0.2, -0.15) is 13.2 Å². The maximum Gasteiger partial charge on any atom is 0.416 e. The molecule has 0 unspecified atom stereocenters. The van der Waals surface area contributed by atoms with Gasteiger partial charge < -0.3 is 9.84 Å². The van der Waals surface area contributed by atoms with Crippen molar-refractivity contribution in [2.75, 3.05) is 6.61 Å². The van der Waals surface area contributed by atoms with E-state index in [1.54, 1.807) is 19.1 Å². The highest BCUT2D eigenvalue weighted by molar-refractivity contribution is 5.77. The Morgan fingerprint density at radius 2 is 1.85 bits per heavy atom. The molecule has 27 heavy (non-hydrogen) atoms. The van der Waals surface area contributed by atoms with Gasteiger partial charge in [-0.3, -0.25) is 4.79 Å². The summed E-state index contributed by atoms with van der Waals surface area (Å²) >= 11 is 0. The second-order valence-electron chi connectivity index (χ2n) is 6.98. The maximum absolute atomic E-state index is 13.6. The number of hydrogen-bond acceptors (Lipinski definition) is 3. The molecule has 0 aromatic heterocycles. The lowest BCUT2D eigenvalue weighted by molar-refractivity contribution is -0.138. The molecule has 0 bridgehead atoms. The van der Waals surface area contributed by atoms with Crippen molar-refractivity contribution in [3.05, 3.63) is 58.1 Å². The molecule has 0 aliphatic heterocycles. The van der Waals surface area contributed by atoms with Crippen LogP contribution in [0.3, 0.4) is 0 Å². The number of rotatable bonds is 6. The molecule has 0 fully saturated rings. The summed E-state index contributed by atoms with van der Waals surface area (Å²) in [5.41, 5.74) is 1.18. The van der Waals surface area contributed by atoms with Crippen LogP contribution in [-0.2, 0) is 17.4 Å². The number of phenolic OH excluding ortho intramolecular Hbond substituents is 1. The van der Waals surface area contributed by atoms with E-state index in [4.69, 9.17) is 4.74 Å². The Hall–Kier alpha value is -2.50. The predicted octanol–water partition coefficient (Wildman–Crippen LogP) is 5.40. The van der Waals surface area contributed by atoms with Crippen LogP contribution >= 0.6 is 0 Å². The van der Waals surface area contributed by atoms with E-state index < -0.39 is 11.7 Å². The van der Waals surface area contributed by atoms with Gasteiger partial charge in [-0.25, -0.2) is 0 Å². The monoisotopic (exact) mass is 380 g/mol. The van der Waals surface area contributed by atoms with Gasteiger partial charge in [-0.15, -0.1) is 0 Å². The smallest absolute Gasteiger partial charge is 0.416 e. The molecule has 2 aromatic carbocycles. The van der Waals surface area contributed by atoms with Crippen LogP contribution < -0.4 is 4.74 Å². The van der Waals surface area contributed by atoms with Crippen LogP contribution in [0.4, 0.5) is 13.2 Å². The molecular formula is C21H23F3O3. The van der Waals surface area contributed by atoms with Gasteiger partial charge in [0, 0.05) is 0 Å². The van der Waals surface area contributed by atoms with Gasteiger partial charge in [-0.05, 0) is 66.6 Å². The van der Waals surface area contributed by atoms with Crippen molar-refractivity contribution in [2.45, 2.75) is 46.2 Å². The van der Waals surface area contributed by atoms with Gasteiger partial charge in [0.15, 0.2) is 5.78 Å². The molecule has 1 N–H and O–H groups in total. The molecule has 0 amide bonds. The molecule has 146 valence electrons. The van der Waals surface area contributed by atoms with E-state index in [-0.39, 0.29) is 41.8 Å². The zero-order valence-electron chi connectivity index (χ0n) is 15.8. The Morgan fingerprint density at radius 1 is 1.19 bits per heavy atom. The van der Waals surface area contributed by atoms with E-state index in [1.807, 2.05) is 13.8 Å². The first kappa shape index (κ1) is 20.8. The van der Waals surface area contributed by atoms with E-state index in [0.717, 1.165) is 6.07 Å². The molecule has 3 nitrogen and oxygen atoms in total. The molecular weight excluding hydrogens is 357 g/mol. The lowest BCUT2D eigenvalue weighted by atomic mass is 9.92. The minimum Gasteiger partial charge on any atom is -0.508 e. The normalized spacial score (nSPS) is 11.7. The van der Waals surface area contributed by atoms with Crippen molar-refractivity contribution in [1.29, 1.82) is 0 Å². The van der Waals surface area contributed by atoms with Crippen molar-refractivity contribution in [2.24, 2.45) is 0 Å². The number of alkyl halides is 3. The van der Waals surface area contributed by atoms with Gasteiger partial charge in [0.2, 0.25) is 0 Å². The molecule has 2 rings (SSSR count). The number of phenols is 1. The maximum atomic E-state index is 13.6. The zero-order valence-corrected chi connectivity index (χ0v) is 15.8. The number of carbonyl (C=O) groups excluding carboxylic acids is 1. The molecule has 6 heteroatoms. The third kappa shape index (κ3) is 5.25. The van der Waals surface area contributed by atoms with Crippen LogP contribution in [0.25, 0.3) is 0 Å². The van der Waals surface area contributed by atoms with Crippen LogP contribution in [-0.4, -0.2) is 17.5 Å². The molecule has 0 heterocycles. The number of ketones is 1. The fourth-order valence-electron chi connectivity index (χ4n) is 2.92. The number of hydrogen-bond donors (Lipinski definition) is 1. The second kappa shape index (κ2) is 8.03. The number of benzene rings is 2. The lowest BCUT2D eigenvalue weighted by Crippen LogP contribution is -2.13. The number of Topliss-reactive ketones (excluding diaryl/α,β-unsaturated/α-hetero) is 1. The van der Waals surface area contributed by atoms with Crippen molar-refractivity contribution < 1.29 is 27.8 Å². The van der Waals surface area contributed by atoms with Gasteiger partial charge >= 0.3 is 6.18 Å². The third-order valence-electron chi connectivity index (χ3n) is 4.29. The topological polar surface area (TPSA) is 46.5 Å². The molecule has 0 aliphatic rings. The van der Waals surface area contributed by atoms with E-state index in [9.17, 15) is 23.1 Å². The number of aromatic hydroxyl groups is 1. The van der Waals surface area contributed by atoms with Crippen LogP contribution in [0.15, 0.2) is 30.3 Å². The van der Waals surface area contributed by atoms with E-state index in [1.165, 1.54) is 19.1 Å². The average Bonchev–Trinajstić information content (AvgIpc) is 2.55. The summed E-state index contributed by atoms with van der Waals surface area (Å²) in [6, 6.07) is 7.32. The van der Waals surface area contributed by atoms with Gasteiger partial charge in [-0.1, -0.05) is 26.0 Å². The molecule has 0 saturated heterocycles. The summed E-state index contributed by atoms with van der Waals surface area (Å²) in [5.74, 6) is -0.0621. The number of halogens is 3. The fourth-order valence-corrected chi connectivity index (χ4v) is 2.92. The fraction of sp³-hybridized carbons (Fsp3) is 0.381. The summed E-state index contributed by atoms with van der Waals surface area (Å²) in [7, 11) is 0. The van der Waals surface area contributed by atoms with Crippen molar-refractivity contribution in [3.63, 3.8) is 0 Å². The number of ether oxygens (including phenoxy) is 1. The molecule has 0 saturated carbocycles. The van der Waals surface area contributed by atoms with Gasteiger partial charge in [0.1, 0.15) is 18.1 Å². The van der Waals surface area contributed by atoms with Crippen LogP contribution in [0.1, 0.15) is 54.5 Å². The molecule has 0 atom stereocenters. The first-order valence-corrected chi connectivity index (χ1v) is 8.63. The van der Waals surface area contributed by atoms with E-state index >= 15 is 0 Å². The number of aryl methyl sites for hydroxylation is 1. The van der Waals surface area contributed by atoms with Crippen LogP contribution in [0.2, 0.25) is 0 Å². The Kier molecular flexibility index (Phi) is 6.19. The van der Waals surface area contributed by atoms with Crippen molar-refractivity contribution in [1.82, 2.24) is 0 Å². The largest absolute Gasteiger partial charge is 0.508 e. The van der Waals surface area contributed by atoms with E-state index in [2.05, 4.69) is 0 Å². The number of carbonyl (C=O) groups is 1. The standard InChI is InChI=1S/C21H23F3O3/c1-12(2)17-8-15(5-6-20(17)26)9-18-13(3)7-16(27-11-14(4)25)10-19(18)21(22,23)24/h5-8,10,12,26H,9,11H2,1-4H3. The summed E-state index contributed by atoms with van der Waals surface area (Å²) in [6.07, 6.45) is -4.47. The van der Waals surface area contributed by atoms with Gasteiger partial charge in [0.25, 0.3) is 0 Å². The molecule has 0 radical (unpaired) electrons. The average molecular weight is 380 g/mol. The first-order valence-electron chi connectivity index (χ1n) is 8.63. The Bertz CT molecular complexity index is 839. The molecule has 0 aliphatic carbocycles. The SMILES string of the molecule is CC(=O)COc1cc(C)c(Cc2ccc(O)c(C(C)C)c2)c(C(F)(F)F)c1. The minimum atomic E-state index is -4.55. The highest BCUT2D eigenvalue weighted by Gasteiger charge is 2.34. The molecule has 2 aromatic rings. The summed E-state index contributed by atoms with van der Waals surface area (Å²) in [6.45, 7) is 6.45. The zero-order chi connectivity index (χ0) is 20.4. The van der Waals surface area contributed by atoms with Crippen LogP contribution in [0.5, 0.6) is 11.5 Å². The van der Waals surface area contributed by atoms with Crippen molar-refractivity contribution in [3.8, 4) is 11.5 Å². The quantitative estimate of drug-likeness (QED) is 0.730. The summed E-state index contributed by atoms with van der Waals surface area (Å²) in [4.78, 5) is 11.0. The molecule has 0 spiro atoms. The highest BCUT2D eigenvalue weighted by Crippen LogP contribution is 2.38. The van der Waals surface area contributed by atoms with Gasteiger partial charge in [0.05, 0.1) is 5.56 Å². The summed E-state index contributed by atoms with van der Waals surface area (Å²) < 4.78 is 46.0. The lowest BCUT2D eigenvalue weighted by Gasteiger charge is -2.18. The third-order valence-corrected chi connectivity index (χ3v) is 4.29. The summed E-state index contributed by atoms with van der Waals surface area (Å²) in [5, 5.41) is 9.93. The Balaban J connectivity index is 2.46. The highest BCUT2D eigenvalue weighted by atomic mass is 19.4. The van der Waals surface area contributed by atoms with Crippen molar-refractivity contribution >= 4 is 5.78 Å². The van der Waals surface area contributed by atoms with E-state index in [0.29, 0.717) is 16.7 Å². The Morgan fingerprint density at radius 3 is 2.41 bits per heavy atom. The Labute approximate surface area is 156 Å². The first-order chi connectivity index (χ1) is 12.5. The predicted molar refractivity (Wildman–Crippen MR) is 97.4 cm³/mol.